The van der Waals surface area contributed by atoms with E-state index in [1.807, 2.05) is 0 Å². The Labute approximate surface area is 126 Å². The Morgan fingerprint density at radius 3 is 1.25 bits per heavy atom. The molecule has 0 rings (SSSR count). The average Bonchev–Trinajstić information content (AvgIpc) is 2.47. The third-order valence-electron chi connectivity index (χ3n) is 2.56. The molecule has 0 saturated heterocycles. The molecule has 0 spiro atoms. The predicted octanol–water partition coefficient (Wildman–Crippen LogP) is 4.94. The lowest BCUT2D eigenvalue weighted by Crippen LogP contribution is -1.77. The van der Waals surface area contributed by atoms with Crippen LogP contribution in [0.3, 0.4) is 0 Å². The highest BCUT2D eigenvalue weighted by Gasteiger charge is 1.87. The average molecular weight is 266 g/mol. The topological polar surface area (TPSA) is 0 Å². The molecule has 0 aromatic carbocycles. The van der Waals surface area contributed by atoms with E-state index in [9.17, 15) is 0 Å². The Morgan fingerprint density at radius 1 is 0.450 bits per heavy atom. The van der Waals surface area contributed by atoms with E-state index in [1.165, 1.54) is 25.7 Å². The lowest BCUT2D eigenvalue weighted by Gasteiger charge is -1.94. The minimum absolute atomic E-state index is 0.727. The third-order valence-corrected chi connectivity index (χ3v) is 2.56. The van der Waals surface area contributed by atoms with Crippen LogP contribution in [0.2, 0.25) is 0 Å². The standard InChI is InChI=1S/C20H26/c1-3-5-7-9-11-13-15-17-19-20-18-16-14-12-10-8-6-4-2/h3-4,9-10,15-20H2,1-2H3. The lowest BCUT2D eigenvalue weighted by atomic mass is 10.1. The molecule has 0 unspecified atom stereocenters. The number of rotatable bonds is 5. The first-order valence-corrected chi connectivity index (χ1v) is 7.74. The zero-order valence-electron chi connectivity index (χ0n) is 13.1. The maximum atomic E-state index is 3.18. The van der Waals surface area contributed by atoms with E-state index >= 15 is 0 Å². The Hall–Kier alpha value is -1.76. The fourth-order valence-corrected chi connectivity index (χ4v) is 1.55. The van der Waals surface area contributed by atoms with E-state index in [0.29, 0.717) is 0 Å². The first kappa shape index (κ1) is 18.2. The molecule has 0 atom stereocenters. The summed E-state index contributed by atoms with van der Waals surface area (Å²) in [6.45, 7) is 4.12. The zero-order chi connectivity index (χ0) is 14.7. The van der Waals surface area contributed by atoms with Crippen LogP contribution in [0.15, 0.2) is 0 Å². The van der Waals surface area contributed by atoms with Crippen molar-refractivity contribution in [3.63, 3.8) is 0 Å². The summed E-state index contributed by atoms with van der Waals surface area (Å²) < 4.78 is 0. The van der Waals surface area contributed by atoms with E-state index in [0.717, 1.165) is 38.5 Å². The number of unbranched alkanes of at least 4 members (excludes halogenated alkanes) is 5. The van der Waals surface area contributed by atoms with Gasteiger partial charge in [-0.1, -0.05) is 50.4 Å². The second-order valence-corrected chi connectivity index (χ2v) is 4.39. The monoisotopic (exact) mass is 266 g/mol. The molecule has 0 aliphatic carbocycles. The molecule has 0 heteroatoms. The molecule has 106 valence electrons. The first-order chi connectivity index (χ1) is 9.91. The highest BCUT2D eigenvalue weighted by atomic mass is 13.9. The van der Waals surface area contributed by atoms with Crippen molar-refractivity contribution in [2.24, 2.45) is 0 Å². The van der Waals surface area contributed by atoms with Gasteiger partial charge < -0.3 is 0 Å². The Bertz CT molecular complexity index is 405. The van der Waals surface area contributed by atoms with Gasteiger partial charge in [-0.25, -0.2) is 0 Å². The van der Waals surface area contributed by atoms with Gasteiger partial charge in [-0.05, 0) is 12.8 Å². The van der Waals surface area contributed by atoms with E-state index in [4.69, 9.17) is 0 Å². The van der Waals surface area contributed by atoms with Crippen molar-refractivity contribution in [2.45, 2.75) is 78.1 Å². The highest BCUT2D eigenvalue weighted by Crippen LogP contribution is 2.04. The van der Waals surface area contributed by atoms with Gasteiger partial charge in [-0.2, -0.15) is 0 Å². The molecule has 20 heavy (non-hydrogen) atoms. The summed E-state index contributed by atoms with van der Waals surface area (Å²) in [6, 6.07) is 0. The number of hydrogen-bond donors (Lipinski definition) is 0. The van der Waals surface area contributed by atoms with Crippen LogP contribution in [0.25, 0.3) is 0 Å². The van der Waals surface area contributed by atoms with Crippen molar-refractivity contribution in [2.75, 3.05) is 0 Å². The second kappa shape index (κ2) is 17.2. The Morgan fingerprint density at radius 2 is 0.850 bits per heavy atom. The first-order valence-electron chi connectivity index (χ1n) is 7.74. The molecule has 0 aliphatic heterocycles. The highest BCUT2D eigenvalue weighted by molar-refractivity contribution is 5.11. The van der Waals surface area contributed by atoms with Crippen LogP contribution in [0, 0.1) is 47.4 Å². The summed E-state index contributed by atoms with van der Waals surface area (Å²) in [5.74, 6) is 24.7. The van der Waals surface area contributed by atoms with Crippen molar-refractivity contribution in [3.05, 3.63) is 0 Å². The fourth-order valence-electron chi connectivity index (χ4n) is 1.55. The van der Waals surface area contributed by atoms with Gasteiger partial charge in [0.15, 0.2) is 0 Å². The van der Waals surface area contributed by atoms with Crippen molar-refractivity contribution >= 4 is 0 Å². The molecule has 0 aromatic rings. The SMILES string of the molecule is CCC#CCC#CCCCCCCC#CCC#CCC. The van der Waals surface area contributed by atoms with Crippen molar-refractivity contribution < 1.29 is 0 Å². The molecule has 0 radical (unpaired) electrons. The molecule has 0 nitrogen and oxygen atoms in total. The van der Waals surface area contributed by atoms with Crippen molar-refractivity contribution in [3.8, 4) is 47.4 Å². The summed E-state index contributed by atoms with van der Waals surface area (Å²) in [5.41, 5.74) is 0. The van der Waals surface area contributed by atoms with Crippen LogP contribution in [0.5, 0.6) is 0 Å². The molecule has 0 amide bonds. The maximum absolute atomic E-state index is 3.18. The quantitative estimate of drug-likeness (QED) is 0.488. The fraction of sp³-hybridized carbons (Fsp3) is 0.600. The molecule has 0 N–H and O–H groups in total. The van der Waals surface area contributed by atoms with Crippen LogP contribution >= 0.6 is 0 Å². The van der Waals surface area contributed by atoms with Crippen LogP contribution in [0.4, 0.5) is 0 Å². The van der Waals surface area contributed by atoms with Crippen LogP contribution in [0.1, 0.15) is 78.1 Å². The molecule has 0 aromatic heterocycles. The molecule has 0 bridgehead atoms. The smallest absolute Gasteiger partial charge is 0.0702 e. The van der Waals surface area contributed by atoms with E-state index in [1.54, 1.807) is 0 Å². The third kappa shape index (κ3) is 16.2. The maximum Gasteiger partial charge on any atom is 0.0702 e. The molecular formula is C20H26. The Balaban J connectivity index is 3.32. The molecule has 0 saturated carbocycles. The van der Waals surface area contributed by atoms with Gasteiger partial charge in [0.1, 0.15) is 0 Å². The molecular weight excluding hydrogens is 240 g/mol. The van der Waals surface area contributed by atoms with Gasteiger partial charge in [0.05, 0.1) is 12.8 Å². The van der Waals surface area contributed by atoms with E-state index in [-0.39, 0.29) is 0 Å². The summed E-state index contributed by atoms with van der Waals surface area (Å²) in [6.07, 6.45) is 10.2. The molecule has 0 heterocycles. The normalized spacial score (nSPS) is 7.90. The summed E-state index contributed by atoms with van der Waals surface area (Å²) in [4.78, 5) is 0. The van der Waals surface area contributed by atoms with Crippen molar-refractivity contribution in [1.82, 2.24) is 0 Å². The van der Waals surface area contributed by atoms with Crippen molar-refractivity contribution in [1.29, 1.82) is 0 Å². The summed E-state index contributed by atoms with van der Waals surface area (Å²) in [7, 11) is 0. The largest absolute Gasteiger partial charge is 0.103 e. The van der Waals surface area contributed by atoms with Gasteiger partial charge >= 0.3 is 0 Å². The minimum Gasteiger partial charge on any atom is -0.103 e. The van der Waals surface area contributed by atoms with Gasteiger partial charge in [0.2, 0.25) is 0 Å². The van der Waals surface area contributed by atoms with Crippen LogP contribution in [-0.4, -0.2) is 0 Å². The predicted molar refractivity (Wildman–Crippen MR) is 88.6 cm³/mol. The summed E-state index contributed by atoms with van der Waals surface area (Å²) in [5, 5.41) is 0. The van der Waals surface area contributed by atoms with E-state index in [2.05, 4.69) is 61.2 Å². The second-order valence-electron chi connectivity index (χ2n) is 4.39. The minimum atomic E-state index is 0.727. The van der Waals surface area contributed by atoms with Gasteiger partial charge in [-0.15, -0.1) is 23.7 Å². The van der Waals surface area contributed by atoms with Crippen LogP contribution < -0.4 is 0 Å². The zero-order valence-corrected chi connectivity index (χ0v) is 13.1. The number of hydrogen-bond acceptors (Lipinski definition) is 0. The van der Waals surface area contributed by atoms with E-state index < -0.39 is 0 Å². The Kier molecular flexibility index (Phi) is 15.7. The van der Waals surface area contributed by atoms with Gasteiger partial charge in [0, 0.05) is 25.7 Å². The molecule has 0 aliphatic rings. The van der Waals surface area contributed by atoms with Crippen LogP contribution in [-0.2, 0) is 0 Å². The lowest BCUT2D eigenvalue weighted by molar-refractivity contribution is 0.661. The summed E-state index contributed by atoms with van der Waals surface area (Å²) >= 11 is 0. The molecule has 0 fully saturated rings. The van der Waals surface area contributed by atoms with Gasteiger partial charge in [-0.3, -0.25) is 0 Å². The van der Waals surface area contributed by atoms with Gasteiger partial charge in [0.25, 0.3) is 0 Å².